The third-order valence-electron chi connectivity index (χ3n) is 4.74. The number of hydrogen-bond donors (Lipinski definition) is 0. The maximum Gasteiger partial charge on any atom is 0.310 e. The molecule has 0 aromatic heterocycles. The summed E-state index contributed by atoms with van der Waals surface area (Å²) in [7, 11) is 3.29. The van der Waals surface area contributed by atoms with Gasteiger partial charge in [-0.1, -0.05) is 12.1 Å². The molecule has 0 radical (unpaired) electrons. The molecule has 0 spiro atoms. The van der Waals surface area contributed by atoms with Crippen molar-refractivity contribution in [1.29, 1.82) is 0 Å². The molecule has 3 rings (SSSR count). The van der Waals surface area contributed by atoms with E-state index in [1.807, 2.05) is 6.07 Å². The minimum Gasteiger partial charge on any atom is -0.493 e. The summed E-state index contributed by atoms with van der Waals surface area (Å²) in [5, 5.41) is 11.0. The Labute approximate surface area is 158 Å². The van der Waals surface area contributed by atoms with Crippen molar-refractivity contribution < 1.29 is 19.1 Å². The third kappa shape index (κ3) is 4.49. The first-order valence-corrected chi connectivity index (χ1v) is 8.94. The van der Waals surface area contributed by atoms with E-state index in [1.165, 1.54) is 17.2 Å². The average Bonchev–Trinajstić information content (AvgIpc) is 2.70. The SMILES string of the molecule is COc1cc2c(cc1OC)CN(CCCOc1ccccc1[N+](=O)[O-])CC2. The van der Waals surface area contributed by atoms with Crippen molar-refractivity contribution in [3.63, 3.8) is 0 Å². The van der Waals surface area contributed by atoms with E-state index in [9.17, 15) is 10.1 Å². The van der Waals surface area contributed by atoms with Crippen LogP contribution in [0, 0.1) is 10.1 Å². The fraction of sp³-hybridized carbons (Fsp3) is 0.400. The first-order valence-electron chi connectivity index (χ1n) is 8.94. The summed E-state index contributed by atoms with van der Waals surface area (Å²) in [6.07, 6.45) is 1.76. The fourth-order valence-corrected chi connectivity index (χ4v) is 3.33. The summed E-state index contributed by atoms with van der Waals surface area (Å²) in [5.41, 5.74) is 2.55. The van der Waals surface area contributed by atoms with E-state index in [0.29, 0.717) is 12.4 Å². The van der Waals surface area contributed by atoms with Crippen molar-refractivity contribution in [1.82, 2.24) is 4.90 Å². The van der Waals surface area contributed by atoms with Crippen LogP contribution in [-0.2, 0) is 13.0 Å². The number of nitrogens with zero attached hydrogens (tertiary/aromatic N) is 2. The molecule has 2 aromatic rings. The highest BCUT2D eigenvalue weighted by atomic mass is 16.6. The molecular weight excluding hydrogens is 348 g/mol. The van der Waals surface area contributed by atoms with E-state index < -0.39 is 4.92 Å². The Bertz CT molecular complexity index is 809. The molecule has 0 saturated heterocycles. The molecule has 0 bridgehead atoms. The van der Waals surface area contributed by atoms with Gasteiger partial charge in [0.25, 0.3) is 0 Å². The van der Waals surface area contributed by atoms with Crippen molar-refractivity contribution in [3.05, 3.63) is 57.6 Å². The number of rotatable bonds is 8. The van der Waals surface area contributed by atoms with Crippen molar-refractivity contribution in [2.75, 3.05) is 33.9 Å². The number of methoxy groups -OCH3 is 2. The quantitative estimate of drug-likeness (QED) is 0.401. The van der Waals surface area contributed by atoms with Crippen molar-refractivity contribution in [3.8, 4) is 17.2 Å². The summed E-state index contributed by atoms with van der Waals surface area (Å²) >= 11 is 0. The van der Waals surface area contributed by atoms with Gasteiger partial charge in [-0.2, -0.15) is 0 Å². The molecule has 7 nitrogen and oxygen atoms in total. The lowest BCUT2D eigenvalue weighted by Gasteiger charge is -2.29. The first kappa shape index (κ1) is 19.0. The van der Waals surface area contributed by atoms with Crippen LogP contribution in [0.15, 0.2) is 36.4 Å². The van der Waals surface area contributed by atoms with Gasteiger partial charge in [0.1, 0.15) is 0 Å². The second-order valence-corrected chi connectivity index (χ2v) is 6.43. The van der Waals surface area contributed by atoms with E-state index in [1.54, 1.807) is 32.4 Å². The molecule has 144 valence electrons. The molecule has 0 atom stereocenters. The van der Waals surface area contributed by atoms with E-state index in [0.717, 1.165) is 44.0 Å². The number of hydrogen-bond acceptors (Lipinski definition) is 6. The number of nitro benzene ring substituents is 1. The van der Waals surface area contributed by atoms with Gasteiger partial charge in [0.2, 0.25) is 0 Å². The molecule has 0 aliphatic carbocycles. The van der Waals surface area contributed by atoms with Crippen LogP contribution in [0.25, 0.3) is 0 Å². The topological polar surface area (TPSA) is 74.1 Å². The maximum atomic E-state index is 11.0. The highest BCUT2D eigenvalue weighted by Gasteiger charge is 2.19. The van der Waals surface area contributed by atoms with Crippen LogP contribution in [0.5, 0.6) is 17.2 Å². The van der Waals surface area contributed by atoms with Gasteiger partial charge >= 0.3 is 5.69 Å². The smallest absolute Gasteiger partial charge is 0.310 e. The van der Waals surface area contributed by atoms with E-state index in [-0.39, 0.29) is 5.69 Å². The second-order valence-electron chi connectivity index (χ2n) is 6.43. The van der Waals surface area contributed by atoms with Crippen LogP contribution in [-0.4, -0.2) is 43.7 Å². The number of benzene rings is 2. The van der Waals surface area contributed by atoms with Gasteiger partial charge in [0.15, 0.2) is 17.2 Å². The lowest BCUT2D eigenvalue weighted by Crippen LogP contribution is -2.32. The van der Waals surface area contributed by atoms with E-state index >= 15 is 0 Å². The van der Waals surface area contributed by atoms with Gasteiger partial charge in [-0.05, 0) is 42.2 Å². The Morgan fingerprint density at radius 2 is 1.78 bits per heavy atom. The normalized spacial score (nSPS) is 13.7. The molecule has 1 heterocycles. The molecule has 0 saturated carbocycles. The Balaban J connectivity index is 1.53. The molecule has 27 heavy (non-hydrogen) atoms. The zero-order valence-electron chi connectivity index (χ0n) is 15.6. The summed E-state index contributed by atoms with van der Waals surface area (Å²) < 4.78 is 16.4. The molecular formula is C20H24N2O5. The zero-order chi connectivity index (χ0) is 19.2. The molecule has 1 aliphatic heterocycles. The standard InChI is InChI=1S/C20H24N2O5/c1-25-19-12-15-8-10-21(14-16(15)13-20(19)26-2)9-5-11-27-18-7-4-3-6-17(18)22(23)24/h3-4,6-7,12-13H,5,8-11,14H2,1-2H3. The minimum atomic E-state index is -0.418. The van der Waals surface area contributed by atoms with Gasteiger partial charge < -0.3 is 14.2 Å². The van der Waals surface area contributed by atoms with Crippen molar-refractivity contribution in [2.45, 2.75) is 19.4 Å². The molecule has 1 aliphatic rings. The average molecular weight is 372 g/mol. The van der Waals surface area contributed by atoms with Gasteiger partial charge in [-0.15, -0.1) is 0 Å². The summed E-state index contributed by atoms with van der Waals surface area (Å²) in [6.45, 7) is 3.13. The summed E-state index contributed by atoms with van der Waals surface area (Å²) in [5.74, 6) is 1.84. The number of ether oxygens (including phenoxy) is 3. The Morgan fingerprint density at radius 1 is 1.07 bits per heavy atom. The molecule has 2 aromatic carbocycles. The Hall–Kier alpha value is -2.80. The number of fused-ring (bicyclic) bond motifs is 1. The highest BCUT2D eigenvalue weighted by molar-refractivity contribution is 5.48. The van der Waals surface area contributed by atoms with Crippen LogP contribution in [0.4, 0.5) is 5.69 Å². The Kier molecular flexibility index (Phi) is 6.13. The summed E-state index contributed by atoms with van der Waals surface area (Å²) in [6, 6.07) is 10.6. The van der Waals surface area contributed by atoms with Crippen LogP contribution in [0.1, 0.15) is 17.5 Å². The van der Waals surface area contributed by atoms with Crippen LogP contribution in [0.2, 0.25) is 0 Å². The predicted molar refractivity (Wildman–Crippen MR) is 102 cm³/mol. The van der Waals surface area contributed by atoms with Gasteiger partial charge in [-0.25, -0.2) is 0 Å². The number of para-hydroxylation sites is 2. The van der Waals surface area contributed by atoms with Gasteiger partial charge in [0, 0.05) is 25.7 Å². The molecule has 0 N–H and O–H groups in total. The Morgan fingerprint density at radius 3 is 2.48 bits per heavy atom. The zero-order valence-corrected chi connectivity index (χ0v) is 15.6. The van der Waals surface area contributed by atoms with Crippen molar-refractivity contribution in [2.24, 2.45) is 0 Å². The third-order valence-corrected chi connectivity index (χ3v) is 4.74. The van der Waals surface area contributed by atoms with E-state index in [2.05, 4.69) is 11.0 Å². The second kappa shape index (κ2) is 8.73. The summed E-state index contributed by atoms with van der Waals surface area (Å²) in [4.78, 5) is 13.0. The molecule has 7 heteroatoms. The molecule has 0 amide bonds. The largest absolute Gasteiger partial charge is 0.493 e. The highest BCUT2D eigenvalue weighted by Crippen LogP contribution is 2.33. The molecule has 0 fully saturated rings. The van der Waals surface area contributed by atoms with Crippen molar-refractivity contribution >= 4 is 5.69 Å². The molecule has 0 unspecified atom stereocenters. The first-order chi connectivity index (χ1) is 13.1. The lowest BCUT2D eigenvalue weighted by molar-refractivity contribution is -0.385. The van der Waals surface area contributed by atoms with Gasteiger partial charge in [0.05, 0.1) is 25.7 Å². The van der Waals surface area contributed by atoms with Crippen LogP contribution >= 0.6 is 0 Å². The van der Waals surface area contributed by atoms with E-state index in [4.69, 9.17) is 14.2 Å². The number of nitro groups is 1. The fourth-order valence-electron chi connectivity index (χ4n) is 3.33. The monoisotopic (exact) mass is 372 g/mol. The predicted octanol–water partition coefficient (Wildman–Crippen LogP) is 3.44. The van der Waals surface area contributed by atoms with Crippen LogP contribution < -0.4 is 14.2 Å². The minimum absolute atomic E-state index is 0.00504. The van der Waals surface area contributed by atoms with Gasteiger partial charge in [-0.3, -0.25) is 15.0 Å². The maximum absolute atomic E-state index is 11.0. The lowest BCUT2D eigenvalue weighted by atomic mass is 9.98. The van der Waals surface area contributed by atoms with Crippen LogP contribution in [0.3, 0.4) is 0 Å².